The summed E-state index contributed by atoms with van der Waals surface area (Å²) >= 11 is 0. The second-order valence-corrected chi connectivity index (χ2v) is 15.5. The van der Waals surface area contributed by atoms with Gasteiger partial charge >= 0.3 is 8.37 Å². The predicted molar refractivity (Wildman–Crippen MR) is 166 cm³/mol. The maximum Gasteiger partial charge on any atom is 0.617 e. The van der Waals surface area contributed by atoms with Gasteiger partial charge in [0.2, 0.25) is 0 Å². The molecule has 0 spiro atoms. The van der Waals surface area contributed by atoms with Crippen LogP contribution in [-0.2, 0) is 16.2 Å². The minimum absolute atomic E-state index is 0.0243. The van der Waals surface area contributed by atoms with Crippen molar-refractivity contribution in [3.05, 3.63) is 77.9 Å². The van der Waals surface area contributed by atoms with Gasteiger partial charge < -0.3 is 9.80 Å². The molecule has 0 unspecified atom stereocenters. The number of nitrogens with zero attached hydrogens (tertiary/aromatic N) is 4. The Hall–Kier alpha value is -2.65. The molecule has 0 radical (unpaired) electrons. The third kappa shape index (κ3) is 6.86. The Balaban J connectivity index is 2.28. The lowest BCUT2D eigenvalue weighted by atomic mass is 9.74. The van der Waals surface area contributed by atoms with Crippen LogP contribution in [0.2, 0.25) is 0 Å². The van der Waals surface area contributed by atoms with Gasteiger partial charge in [-0.05, 0) is 32.9 Å². The molecule has 2 heterocycles. The molecule has 206 valence electrons. The molecule has 38 heavy (non-hydrogen) atoms. The van der Waals surface area contributed by atoms with Gasteiger partial charge in [0, 0.05) is 63.8 Å². The van der Waals surface area contributed by atoms with E-state index in [1.807, 2.05) is 0 Å². The van der Waals surface area contributed by atoms with Crippen LogP contribution in [0.5, 0.6) is 0 Å². The molecular weight excluding hydrogens is 485 g/mol. The molecule has 6 heteroatoms. The summed E-state index contributed by atoms with van der Waals surface area (Å²) in [5.74, 6) is 0. The fraction of sp³-hybridized carbons (Fsp3) is 0.500. The Labute approximate surface area is 233 Å². The first kappa shape index (κ1) is 29.9. The summed E-state index contributed by atoms with van der Waals surface area (Å²) in [6.07, 6.45) is 8.77. The molecule has 5 nitrogen and oxygen atoms in total. The Morgan fingerprint density at radius 3 is 1.18 bits per heavy atom. The molecule has 3 rings (SSSR count). The lowest BCUT2D eigenvalue weighted by Gasteiger charge is -2.33. The second kappa shape index (κ2) is 10.8. The molecule has 0 saturated carbocycles. The quantitative estimate of drug-likeness (QED) is 0.344. The SMILES string of the molecule is CN(C)c1cc[n+](P(Nc2c(C(C)(C)C)cc(C(C)(C)C)cc2C(C)(C)C)[n+]2ccc(N(C)C)cc2)cc1. The van der Waals surface area contributed by atoms with Crippen LogP contribution in [0.4, 0.5) is 17.1 Å². The van der Waals surface area contributed by atoms with Gasteiger partial charge in [0.05, 0.1) is 5.69 Å². The first-order valence-corrected chi connectivity index (χ1v) is 14.8. The van der Waals surface area contributed by atoms with E-state index in [4.69, 9.17) is 0 Å². The zero-order valence-electron chi connectivity index (χ0n) is 26.0. The van der Waals surface area contributed by atoms with Crippen LogP contribution in [0.25, 0.3) is 0 Å². The average molecular weight is 536 g/mol. The van der Waals surface area contributed by atoms with Crippen LogP contribution < -0.4 is 23.6 Å². The molecule has 0 atom stereocenters. The summed E-state index contributed by atoms with van der Waals surface area (Å²) in [5, 5.41) is 4.10. The Bertz CT molecular complexity index is 1140. The van der Waals surface area contributed by atoms with Gasteiger partial charge in [-0.1, -0.05) is 74.4 Å². The molecule has 0 aliphatic heterocycles. The van der Waals surface area contributed by atoms with Crippen molar-refractivity contribution < 1.29 is 8.68 Å². The maximum atomic E-state index is 4.10. The van der Waals surface area contributed by atoms with Crippen molar-refractivity contribution in [3.8, 4) is 0 Å². The van der Waals surface area contributed by atoms with Gasteiger partial charge in [-0.25, -0.2) is 5.09 Å². The number of hydrogen-bond acceptors (Lipinski definition) is 3. The number of anilines is 3. The molecule has 0 bridgehead atoms. The van der Waals surface area contributed by atoms with Crippen molar-refractivity contribution in [2.75, 3.05) is 43.1 Å². The highest BCUT2D eigenvalue weighted by Crippen LogP contribution is 2.44. The van der Waals surface area contributed by atoms with Crippen molar-refractivity contribution in [3.63, 3.8) is 0 Å². The number of pyridine rings is 2. The summed E-state index contributed by atoms with van der Waals surface area (Å²) in [5.41, 5.74) is 7.74. The van der Waals surface area contributed by atoms with E-state index in [1.54, 1.807) is 0 Å². The van der Waals surface area contributed by atoms with Crippen LogP contribution in [0.3, 0.4) is 0 Å². The van der Waals surface area contributed by atoms with Gasteiger partial charge in [-0.15, -0.1) is 8.68 Å². The van der Waals surface area contributed by atoms with Gasteiger partial charge in [0.1, 0.15) is 0 Å². The zero-order chi connectivity index (χ0) is 28.6. The molecule has 2 aromatic heterocycles. The van der Waals surface area contributed by atoms with Crippen molar-refractivity contribution in [2.45, 2.75) is 78.6 Å². The van der Waals surface area contributed by atoms with Crippen molar-refractivity contribution in [1.29, 1.82) is 0 Å². The third-order valence-electron chi connectivity index (χ3n) is 6.89. The second-order valence-electron chi connectivity index (χ2n) is 13.8. The van der Waals surface area contributed by atoms with Crippen LogP contribution in [0, 0.1) is 0 Å². The van der Waals surface area contributed by atoms with E-state index in [2.05, 4.69) is 175 Å². The van der Waals surface area contributed by atoms with Crippen LogP contribution >= 0.6 is 8.37 Å². The summed E-state index contributed by atoms with van der Waals surface area (Å²) in [4.78, 5) is 4.28. The zero-order valence-corrected chi connectivity index (χ0v) is 26.9. The Kier molecular flexibility index (Phi) is 8.53. The van der Waals surface area contributed by atoms with E-state index in [0.29, 0.717) is 0 Å². The minimum Gasteiger partial charge on any atom is -0.377 e. The van der Waals surface area contributed by atoms with Gasteiger partial charge in [0.15, 0.2) is 24.8 Å². The van der Waals surface area contributed by atoms with E-state index in [0.717, 1.165) is 0 Å². The summed E-state index contributed by atoms with van der Waals surface area (Å²) in [6, 6.07) is 13.6. The lowest BCUT2D eigenvalue weighted by Crippen LogP contribution is -2.46. The van der Waals surface area contributed by atoms with Crippen molar-refractivity contribution in [2.24, 2.45) is 0 Å². The van der Waals surface area contributed by atoms with E-state index >= 15 is 0 Å². The van der Waals surface area contributed by atoms with E-state index in [-0.39, 0.29) is 16.2 Å². The van der Waals surface area contributed by atoms with E-state index in [1.165, 1.54) is 33.8 Å². The molecule has 0 aliphatic rings. The van der Waals surface area contributed by atoms with Crippen molar-refractivity contribution in [1.82, 2.24) is 0 Å². The minimum atomic E-state index is -1.01. The third-order valence-corrected chi connectivity index (χ3v) is 8.73. The summed E-state index contributed by atoms with van der Waals surface area (Å²) in [6.45, 7) is 20.9. The van der Waals surface area contributed by atoms with Crippen LogP contribution in [0.1, 0.15) is 79.0 Å². The normalized spacial score (nSPS) is 12.6. The number of aromatic nitrogens is 2. The molecule has 0 saturated heterocycles. The molecule has 1 aromatic carbocycles. The Morgan fingerprint density at radius 2 is 0.921 bits per heavy atom. The molecule has 1 N–H and O–H groups in total. The summed E-state index contributed by atoms with van der Waals surface area (Å²) in [7, 11) is 7.31. The number of rotatable bonds is 6. The molecule has 3 aromatic rings. The predicted octanol–water partition coefficient (Wildman–Crippen LogP) is 7.02. The fourth-order valence-electron chi connectivity index (χ4n) is 4.38. The smallest absolute Gasteiger partial charge is 0.377 e. The summed E-state index contributed by atoms with van der Waals surface area (Å²) < 4.78 is 4.63. The van der Waals surface area contributed by atoms with E-state index in [9.17, 15) is 0 Å². The highest BCUT2D eigenvalue weighted by molar-refractivity contribution is 7.45. The van der Waals surface area contributed by atoms with Gasteiger partial charge in [0.25, 0.3) is 0 Å². The first-order chi connectivity index (χ1) is 17.4. The standard InChI is InChI=1S/C32H50N5P/c1-30(2,3)24-22-27(31(4,5)6)29(28(23-24)32(7,8)9)33-38(36-18-14-25(15-19-36)34(10)11)37-20-16-26(17-21-37)35(12)13/h14-23,33H,1-13H3/q+2. The first-order valence-electron chi connectivity index (χ1n) is 13.5. The van der Waals surface area contributed by atoms with Crippen molar-refractivity contribution >= 4 is 25.4 Å². The van der Waals surface area contributed by atoms with Gasteiger partial charge in [-0.3, -0.25) is 0 Å². The molecule has 0 fully saturated rings. The monoisotopic (exact) mass is 535 g/mol. The molecule has 0 aliphatic carbocycles. The average Bonchev–Trinajstić information content (AvgIpc) is 2.80. The number of nitrogens with one attached hydrogen (secondary N) is 1. The fourth-order valence-corrected chi connectivity index (χ4v) is 6.07. The Morgan fingerprint density at radius 1 is 0.579 bits per heavy atom. The lowest BCUT2D eigenvalue weighted by molar-refractivity contribution is -0.626. The van der Waals surface area contributed by atoms with Crippen LogP contribution in [0.15, 0.2) is 61.2 Å². The van der Waals surface area contributed by atoms with E-state index < -0.39 is 8.37 Å². The van der Waals surface area contributed by atoms with Gasteiger partial charge in [-0.2, -0.15) is 0 Å². The molecular formula is C32H50N5P+2. The topological polar surface area (TPSA) is 26.3 Å². The number of benzene rings is 1. The highest BCUT2D eigenvalue weighted by Gasteiger charge is 2.39. The van der Waals surface area contributed by atoms with Crippen LogP contribution in [-0.4, -0.2) is 28.2 Å². The maximum absolute atomic E-state index is 4.10. The largest absolute Gasteiger partial charge is 0.617 e. The highest BCUT2D eigenvalue weighted by atomic mass is 31.1. The molecule has 0 amide bonds. The number of hydrogen-bond donors (Lipinski definition) is 1.